The van der Waals surface area contributed by atoms with Gasteiger partial charge in [-0.2, -0.15) is 4.72 Å². The quantitative estimate of drug-likeness (QED) is 0.602. The molecule has 0 aliphatic heterocycles. The highest BCUT2D eigenvalue weighted by atomic mass is 32.2. The number of sulfonamides is 1. The number of rotatable bonds is 7. The van der Waals surface area contributed by atoms with E-state index in [2.05, 4.69) is 4.72 Å². The van der Waals surface area contributed by atoms with Gasteiger partial charge < -0.3 is 5.73 Å². The first kappa shape index (κ1) is 23.9. The molecule has 34 heavy (non-hydrogen) atoms. The summed E-state index contributed by atoms with van der Waals surface area (Å²) in [6, 6.07) is 3.87. The monoisotopic (exact) mass is 490 g/mol. The lowest BCUT2D eigenvalue weighted by molar-refractivity contribution is -0.152. The van der Waals surface area contributed by atoms with Gasteiger partial charge in [-0.25, -0.2) is 12.8 Å². The van der Waals surface area contributed by atoms with Crippen LogP contribution in [0.1, 0.15) is 76.2 Å². The Hall–Kier alpha value is -1.80. The maximum atomic E-state index is 14.1. The van der Waals surface area contributed by atoms with Gasteiger partial charge in [0.2, 0.25) is 15.9 Å². The van der Waals surface area contributed by atoms with E-state index < -0.39 is 26.8 Å². The molecule has 5 aliphatic rings. The molecule has 2 atom stereocenters. The lowest BCUT2D eigenvalue weighted by Crippen LogP contribution is -2.59. The minimum Gasteiger partial charge on any atom is -0.369 e. The number of primary amides is 1. The number of nitrogens with one attached hydrogen (secondary N) is 1. The topological polar surface area (TPSA) is 106 Å². The van der Waals surface area contributed by atoms with E-state index in [0.29, 0.717) is 42.6 Å². The molecule has 6 nitrogen and oxygen atoms in total. The lowest BCUT2D eigenvalue weighted by atomic mass is 9.45. The Labute approximate surface area is 201 Å². The third kappa shape index (κ3) is 4.00. The normalized spacial score (nSPS) is 34.2. The molecule has 1 amide bonds. The van der Waals surface area contributed by atoms with E-state index in [0.717, 1.165) is 57.4 Å². The zero-order chi connectivity index (χ0) is 24.3. The molecule has 5 aliphatic carbocycles. The van der Waals surface area contributed by atoms with Crippen molar-refractivity contribution < 1.29 is 22.4 Å². The van der Waals surface area contributed by atoms with Gasteiger partial charge in [-0.05, 0) is 93.2 Å². The van der Waals surface area contributed by atoms with E-state index in [-0.39, 0.29) is 22.5 Å². The lowest BCUT2D eigenvalue weighted by Gasteiger charge is -2.59. The van der Waals surface area contributed by atoms with Crippen LogP contribution in [0.15, 0.2) is 23.1 Å². The maximum Gasteiger partial charge on any atom is 0.241 e. The second-order valence-electron chi connectivity index (χ2n) is 11.6. The average Bonchev–Trinajstić information content (AvgIpc) is 2.77. The first-order valence-electron chi connectivity index (χ1n) is 12.7. The molecule has 0 aromatic heterocycles. The van der Waals surface area contributed by atoms with Crippen LogP contribution in [-0.2, 0) is 19.6 Å². The predicted molar refractivity (Wildman–Crippen MR) is 126 cm³/mol. The van der Waals surface area contributed by atoms with E-state index in [9.17, 15) is 22.4 Å². The Morgan fingerprint density at radius 1 is 1.09 bits per heavy atom. The highest BCUT2D eigenvalue weighted by Crippen LogP contribution is 2.63. The van der Waals surface area contributed by atoms with E-state index in [4.69, 9.17) is 5.73 Å². The van der Waals surface area contributed by atoms with E-state index >= 15 is 0 Å². The van der Waals surface area contributed by atoms with Crippen LogP contribution in [0.4, 0.5) is 4.39 Å². The van der Waals surface area contributed by atoms with Crippen LogP contribution in [-0.4, -0.2) is 25.6 Å². The largest absolute Gasteiger partial charge is 0.369 e. The number of hydrogen-bond donors (Lipinski definition) is 2. The number of ketones is 1. The molecule has 4 bridgehead atoms. The number of halogens is 1. The Morgan fingerprint density at radius 3 is 2.32 bits per heavy atom. The summed E-state index contributed by atoms with van der Waals surface area (Å²) in [6.07, 6.45) is 8.26. The Morgan fingerprint density at radius 2 is 1.74 bits per heavy atom. The van der Waals surface area contributed by atoms with Gasteiger partial charge >= 0.3 is 0 Å². The summed E-state index contributed by atoms with van der Waals surface area (Å²) in [5, 5.41) is 0. The van der Waals surface area contributed by atoms with Gasteiger partial charge in [0.05, 0.1) is 10.4 Å². The smallest absolute Gasteiger partial charge is 0.241 e. The van der Waals surface area contributed by atoms with E-state index in [1.165, 1.54) is 12.1 Å². The average molecular weight is 491 g/mol. The molecule has 0 radical (unpaired) electrons. The molecular weight excluding hydrogens is 455 g/mol. The Balaban J connectivity index is 1.38. The zero-order valence-corrected chi connectivity index (χ0v) is 20.6. The first-order valence-corrected chi connectivity index (χ1v) is 14.2. The molecule has 1 aromatic rings. The highest BCUT2D eigenvalue weighted by molar-refractivity contribution is 7.89. The van der Waals surface area contributed by atoms with Crippen molar-refractivity contribution in [3.63, 3.8) is 0 Å². The van der Waals surface area contributed by atoms with Gasteiger partial charge in [0.1, 0.15) is 5.82 Å². The molecule has 5 fully saturated rings. The molecule has 0 spiro atoms. The molecule has 186 valence electrons. The number of benzene rings is 1. The molecule has 2 unspecified atom stereocenters. The SMILES string of the molecule is Cc1ccc(S(=O)(=O)NC2(C(=O)CC3C4CC5CC3CC(C(N)=O)(C5)C4)CCCCC2)cc1F. The standard InChI is InChI=1S/C26H35FN2O4S/c1-16-5-6-20(11-22(16)27)34(32,33)29-26(7-3-2-4-8-26)23(30)12-21-18-9-17-10-19(21)15-25(13-17,14-18)24(28)31/h5-6,11,17-19,21,29H,2-4,7-10,12-15H2,1H3,(H2,28,31). The van der Waals surface area contributed by atoms with Crippen molar-refractivity contribution in [3.05, 3.63) is 29.6 Å². The van der Waals surface area contributed by atoms with Crippen LogP contribution in [0.2, 0.25) is 0 Å². The number of hydrogen-bond acceptors (Lipinski definition) is 4. The molecule has 6 rings (SSSR count). The van der Waals surface area contributed by atoms with Crippen LogP contribution in [0.3, 0.4) is 0 Å². The Kier molecular flexibility index (Phi) is 5.91. The summed E-state index contributed by atoms with van der Waals surface area (Å²) in [5.74, 6) is 0.459. The minimum absolute atomic E-state index is 0.0473. The number of carbonyl (C=O) groups excluding carboxylic acids is 2. The molecule has 8 heteroatoms. The van der Waals surface area contributed by atoms with E-state index in [1.807, 2.05) is 0 Å². The summed E-state index contributed by atoms with van der Waals surface area (Å²) < 4.78 is 43.4. The van der Waals surface area contributed by atoms with Crippen molar-refractivity contribution in [3.8, 4) is 0 Å². The maximum absolute atomic E-state index is 14.1. The molecule has 1 aromatic carbocycles. The van der Waals surface area contributed by atoms with E-state index in [1.54, 1.807) is 6.92 Å². The van der Waals surface area contributed by atoms with Crippen LogP contribution < -0.4 is 10.5 Å². The molecule has 5 saturated carbocycles. The van der Waals surface area contributed by atoms with Crippen molar-refractivity contribution in [1.82, 2.24) is 4.72 Å². The van der Waals surface area contributed by atoms with Gasteiger partial charge in [-0.3, -0.25) is 9.59 Å². The van der Waals surface area contributed by atoms with Gasteiger partial charge in [-0.1, -0.05) is 25.3 Å². The van der Waals surface area contributed by atoms with Crippen molar-refractivity contribution in [1.29, 1.82) is 0 Å². The molecule has 0 saturated heterocycles. The molecule has 0 heterocycles. The van der Waals surface area contributed by atoms with Gasteiger partial charge in [0.25, 0.3) is 0 Å². The number of carbonyl (C=O) groups is 2. The molecule has 3 N–H and O–H groups in total. The van der Waals surface area contributed by atoms with Crippen LogP contribution in [0, 0.1) is 41.8 Å². The summed E-state index contributed by atoms with van der Waals surface area (Å²) in [5.41, 5.74) is 4.63. The number of nitrogens with two attached hydrogens (primary N) is 1. The summed E-state index contributed by atoms with van der Waals surface area (Å²) in [4.78, 5) is 26.0. The predicted octanol–water partition coefficient (Wildman–Crippen LogP) is 4.00. The number of aryl methyl sites for hydroxylation is 1. The zero-order valence-electron chi connectivity index (χ0n) is 19.8. The fourth-order valence-corrected chi connectivity index (χ4v) is 9.28. The third-order valence-corrected chi connectivity index (χ3v) is 11.0. The summed E-state index contributed by atoms with van der Waals surface area (Å²) >= 11 is 0. The van der Waals surface area contributed by atoms with Crippen molar-refractivity contribution in [2.45, 2.75) is 88.0 Å². The van der Waals surface area contributed by atoms with Gasteiger partial charge in [0.15, 0.2) is 5.78 Å². The summed E-state index contributed by atoms with van der Waals surface area (Å²) in [6.45, 7) is 1.58. The second kappa shape index (κ2) is 8.40. The molecular formula is C26H35FN2O4S. The van der Waals surface area contributed by atoms with Gasteiger partial charge in [0, 0.05) is 11.8 Å². The number of amides is 1. The number of Topliss-reactive ketones (excluding diaryl/α,β-unsaturated/α-hetero) is 1. The fraction of sp³-hybridized carbons (Fsp3) is 0.692. The second-order valence-corrected chi connectivity index (χ2v) is 13.2. The van der Waals surface area contributed by atoms with Crippen molar-refractivity contribution in [2.24, 2.45) is 34.8 Å². The van der Waals surface area contributed by atoms with Crippen molar-refractivity contribution in [2.75, 3.05) is 0 Å². The van der Waals surface area contributed by atoms with Gasteiger partial charge in [-0.15, -0.1) is 0 Å². The van der Waals surface area contributed by atoms with Crippen LogP contribution in [0.5, 0.6) is 0 Å². The highest BCUT2D eigenvalue weighted by Gasteiger charge is 2.58. The fourth-order valence-electron chi connectivity index (χ4n) is 7.82. The van der Waals surface area contributed by atoms with Crippen LogP contribution >= 0.6 is 0 Å². The summed E-state index contributed by atoms with van der Waals surface area (Å²) in [7, 11) is -4.06. The van der Waals surface area contributed by atoms with Crippen molar-refractivity contribution >= 4 is 21.7 Å². The third-order valence-electron chi connectivity index (χ3n) is 9.44. The Bertz CT molecular complexity index is 1100. The van der Waals surface area contributed by atoms with Crippen LogP contribution in [0.25, 0.3) is 0 Å². The minimum atomic E-state index is -4.06. The first-order chi connectivity index (χ1) is 16.0.